The van der Waals surface area contributed by atoms with Gasteiger partial charge in [-0.2, -0.15) is 0 Å². The lowest BCUT2D eigenvalue weighted by Crippen LogP contribution is -2.57. The Kier molecular flexibility index (Phi) is 5.35. The molecule has 1 atom stereocenters. The van der Waals surface area contributed by atoms with Crippen LogP contribution in [0.25, 0.3) is 0 Å². The summed E-state index contributed by atoms with van der Waals surface area (Å²) < 4.78 is 11.1. The summed E-state index contributed by atoms with van der Waals surface area (Å²) in [5.41, 5.74) is 1.11. The van der Waals surface area contributed by atoms with E-state index in [-0.39, 0.29) is 11.9 Å². The minimum absolute atomic E-state index is 0.155. The summed E-state index contributed by atoms with van der Waals surface area (Å²) in [6, 6.07) is 7.91. The number of nitrogens with zero attached hydrogens (tertiary/aromatic N) is 2. The van der Waals surface area contributed by atoms with Gasteiger partial charge in [0.25, 0.3) is 0 Å². The second kappa shape index (κ2) is 7.66. The van der Waals surface area contributed by atoms with Gasteiger partial charge < -0.3 is 24.6 Å². The zero-order valence-electron chi connectivity index (χ0n) is 13.7. The number of carbonyl (C=O) groups is 1. The predicted octanol–water partition coefficient (Wildman–Crippen LogP) is 0.722. The first kappa shape index (κ1) is 16.1. The second-order valence-corrected chi connectivity index (χ2v) is 5.79. The first-order chi connectivity index (χ1) is 11.3. The van der Waals surface area contributed by atoms with E-state index < -0.39 is 0 Å². The van der Waals surface area contributed by atoms with Gasteiger partial charge in [-0.1, -0.05) is 12.1 Å². The third kappa shape index (κ3) is 3.76. The zero-order valence-corrected chi connectivity index (χ0v) is 13.7. The number of nitrogens with one attached hydrogen (secondary N) is 1. The number of rotatable bonds is 4. The second-order valence-electron chi connectivity index (χ2n) is 5.79. The van der Waals surface area contributed by atoms with E-state index in [0.717, 1.165) is 44.2 Å². The molecule has 0 aromatic heterocycles. The summed E-state index contributed by atoms with van der Waals surface area (Å²) in [6.07, 6.45) is 0. The van der Waals surface area contributed by atoms with Gasteiger partial charge in [-0.25, -0.2) is 0 Å². The number of hydrogen-bond acceptors (Lipinski definition) is 5. The van der Waals surface area contributed by atoms with Gasteiger partial charge in [-0.05, 0) is 19.1 Å². The summed E-state index contributed by atoms with van der Waals surface area (Å²) in [6.45, 7) is 7.67. The Balaban J connectivity index is 1.59. The van der Waals surface area contributed by atoms with Crippen molar-refractivity contribution in [2.45, 2.75) is 13.0 Å². The number of morpholine rings is 1. The number of ether oxygens (including phenoxy) is 2. The first-order valence-electron chi connectivity index (χ1n) is 8.36. The lowest BCUT2D eigenvalue weighted by atomic mass is 10.2. The predicted molar refractivity (Wildman–Crippen MR) is 89.0 cm³/mol. The van der Waals surface area contributed by atoms with Crippen molar-refractivity contribution < 1.29 is 14.3 Å². The SMILES string of the molecule is CCOc1ccccc1N1CCN(C(=O)[C@@H]2COCCN2)CC1. The van der Waals surface area contributed by atoms with Crippen molar-refractivity contribution in [3.63, 3.8) is 0 Å². The van der Waals surface area contributed by atoms with Crippen molar-refractivity contribution in [1.29, 1.82) is 0 Å². The number of hydrogen-bond donors (Lipinski definition) is 1. The van der Waals surface area contributed by atoms with E-state index in [1.807, 2.05) is 30.0 Å². The van der Waals surface area contributed by atoms with Gasteiger partial charge in [0.05, 0.1) is 25.5 Å². The fourth-order valence-corrected chi connectivity index (χ4v) is 3.11. The molecule has 1 aromatic rings. The van der Waals surface area contributed by atoms with E-state index >= 15 is 0 Å². The van der Waals surface area contributed by atoms with Crippen LogP contribution in [0.4, 0.5) is 5.69 Å². The van der Waals surface area contributed by atoms with Crippen LogP contribution in [-0.2, 0) is 9.53 Å². The van der Waals surface area contributed by atoms with Crippen molar-refractivity contribution in [1.82, 2.24) is 10.2 Å². The normalized spacial score (nSPS) is 22.0. The quantitative estimate of drug-likeness (QED) is 0.886. The Morgan fingerprint density at radius 3 is 2.78 bits per heavy atom. The lowest BCUT2D eigenvalue weighted by Gasteiger charge is -2.38. The van der Waals surface area contributed by atoms with E-state index in [4.69, 9.17) is 9.47 Å². The van der Waals surface area contributed by atoms with Crippen molar-refractivity contribution >= 4 is 11.6 Å². The maximum Gasteiger partial charge on any atom is 0.242 e. The summed E-state index contributed by atoms with van der Waals surface area (Å²) in [4.78, 5) is 16.7. The molecule has 0 saturated carbocycles. The van der Waals surface area contributed by atoms with Crippen LogP contribution in [0.1, 0.15) is 6.92 Å². The molecule has 6 nitrogen and oxygen atoms in total. The van der Waals surface area contributed by atoms with Crippen LogP contribution in [0.15, 0.2) is 24.3 Å². The lowest BCUT2D eigenvalue weighted by molar-refractivity contribution is -0.136. The van der Waals surface area contributed by atoms with Crippen molar-refractivity contribution in [2.75, 3.05) is 57.4 Å². The highest BCUT2D eigenvalue weighted by Gasteiger charge is 2.29. The van der Waals surface area contributed by atoms with E-state index in [0.29, 0.717) is 19.8 Å². The van der Waals surface area contributed by atoms with Crippen LogP contribution in [0, 0.1) is 0 Å². The number of amides is 1. The van der Waals surface area contributed by atoms with E-state index in [1.165, 1.54) is 0 Å². The van der Waals surface area contributed by atoms with Gasteiger partial charge in [-0.3, -0.25) is 4.79 Å². The summed E-state index contributed by atoms with van der Waals surface area (Å²) in [5, 5.41) is 3.24. The molecule has 23 heavy (non-hydrogen) atoms. The molecule has 126 valence electrons. The molecule has 0 unspecified atom stereocenters. The molecule has 1 amide bonds. The van der Waals surface area contributed by atoms with Gasteiger partial charge >= 0.3 is 0 Å². The largest absolute Gasteiger partial charge is 0.492 e. The maximum absolute atomic E-state index is 12.5. The number of benzene rings is 1. The minimum Gasteiger partial charge on any atom is -0.492 e. The fourth-order valence-electron chi connectivity index (χ4n) is 3.11. The average molecular weight is 319 g/mol. The van der Waals surface area contributed by atoms with Gasteiger partial charge in [0.1, 0.15) is 11.8 Å². The first-order valence-corrected chi connectivity index (χ1v) is 8.36. The van der Waals surface area contributed by atoms with Crippen LogP contribution in [0.5, 0.6) is 5.75 Å². The summed E-state index contributed by atoms with van der Waals surface area (Å²) >= 11 is 0. The number of para-hydroxylation sites is 2. The molecular weight excluding hydrogens is 294 g/mol. The fraction of sp³-hybridized carbons (Fsp3) is 0.588. The van der Waals surface area contributed by atoms with Crippen molar-refractivity contribution in [3.05, 3.63) is 24.3 Å². The Morgan fingerprint density at radius 2 is 2.09 bits per heavy atom. The van der Waals surface area contributed by atoms with Gasteiger partial charge in [0, 0.05) is 32.7 Å². The smallest absolute Gasteiger partial charge is 0.242 e. The molecule has 0 bridgehead atoms. The van der Waals surface area contributed by atoms with Crippen LogP contribution in [0.2, 0.25) is 0 Å². The van der Waals surface area contributed by atoms with E-state index in [2.05, 4.69) is 16.3 Å². The Bertz CT molecular complexity index is 524. The van der Waals surface area contributed by atoms with Gasteiger partial charge in [-0.15, -0.1) is 0 Å². The molecule has 1 aromatic carbocycles. The molecular formula is C17H25N3O3. The molecule has 2 saturated heterocycles. The van der Waals surface area contributed by atoms with Crippen molar-refractivity contribution in [3.8, 4) is 5.75 Å². The maximum atomic E-state index is 12.5. The monoisotopic (exact) mass is 319 g/mol. The zero-order chi connectivity index (χ0) is 16.1. The molecule has 2 heterocycles. The molecule has 6 heteroatoms. The minimum atomic E-state index is -0.189. The Labute approximate surface area is 137 Å². The summed E-state index contributed by atoms with van der Waals surface area (Å²) in [7, 11) is 0. The molecule has 2 fully saturated rings. The number of anilines is 1. The Morgan fingerprint density at radius 1 is 1.30 bits per heavy atom. The van der Waals surface area contributed by atoms with Crippen LogP contribution in [0.3, 0.4) is 0 Å². The highest BCUT2D eigenvalue weighted by molar-refractivity contribution is 5.82. The highest BCUT2D eigenvalue weighted by Crippen LogP contribution is 2.28. The topological polar surface area (TPSA) is 54.0 Å². The standard InChI is InChI=1S/C17H25N3O3/c1-2-23-16-6-4-3-5-15(16)19-8-10-20(11-9-19)17(21)14-13-22-12-7-18-14/h3-6,14,18H,2,7-13H2,1H3/t14-/m0/s1. The number of piperazine rings is 1. The number of carbonyl (C=O) groups excluding carboxylic acids is 1. The molecule has 0 spiro atoms. The van der Waals surface area contributed by atoms with Crippen LogP contribution >= 0.6 is 0 Å². The third-order valence-corrected chi connectivity index (χ3v) is 4.32. The van der Waals surface area contributed by atoms with Crippen molar-refractivity contribution in [2.24, 2.45) is 0 Å². The molecule has 3 rings (SSSR count). The Hall–Kier alpha value is -1.79. The molecule has 0 aliphatic carbocycles. The summed E-state index contributed by atoms with van der Waals surface area (Å²) in [5.74, 6) is 1.07. The van der Waals surface area contributed by atoms with Gasteiger partial charge in [0.2, 0.25) is 5.91 Å². The molecule has 0 radical (unpaired) electrons. The van der Waals surface area contributed by atoms with Gasteiger partial charge in [0.15, 0.2) is 0 Å². The molecule has 1 N–H and O–H groups in total. The van der Waals surface area contributed by atoms with E-state index in [9.17, 15) is 4.79 Å². The highest BCUT2D eigenvalue weighted by atomic mass is 16.5. The van der Waals surface area contributed by atoms with E-state index in [1.54, 1.807) is 0 Å². The molecule has 2 aliphatic heterocycles. The third-order valence-electron chi connectivity index (χ3n) is 4.32. The average Bonchev–Trinajstić information content (AvgIpc) is 2.63. The molecule has 2 aliphatic rings. The van der Waals surface area contributed by atoms with Crippen LogP contribution < -0.4 is 15.0 Å². The van der Waals surface area contributed by atoms with Crippen LogP contribution in [-0.4, -0.2) is 69.4 Å².